The molecule has 0 saturated carbocycles. The monoisotopic (exact) mass is 478 g/mol. The molecule has 1 N–H and O–H groups in total. The summed E-state index contributed by atoms with van der Waals surface area (Å²) in [5, 5.41) is 12.9. The van der Waals surface area contributed by atoms with Crippen LogP contribution in [0.2, 0.25) is 5.02 Å². The van der Waals surface area contributed by atoms with E-state index in [2.05, 4.69) is 15.5 Å². The fourth-order valence-electron chi connectivity index (χ4n) is 3.41. The molecule has 1 aromatic heterocycles. The van der Waals surface area contributed by atoms with Crippen molar-refractivity contribution >= 4 is 35.0 Å². The van der Waals surface area contributed by atoms with E-state index in [-0.39, 0.29) is 11.7 Å². The number of hydrogen-bond donors (Lipinski definition) is 1. The molecule has 166 valence electrons. The van der Waals surface area contributed by atoms with Gasteiger partial charge in [-0.1, -0.05) is 53.7 Å². The van der Waals surface area contributed by atoms with Crippen LogP contribution in [0.1, 0.15) is 0 Å². The van der Waals surface area contributed by atoms with E-state index in [4.69, 9.17) is 21.1 Å². The highest BCUT2D eigenvalue weighted by molar-refractivity contribution is 7.99. The van der Waals surface area contributed by atoms with Gasteiger partial charge in [-0.2, -0.15) is 0 Å². The second-order valence-corrected chi connectivity index (χ2v) is 8.56. The van der Waals surface area contributed by atoms with Crippen LogP contribution in [-0.2, 0) is 4.79 Å². The fraction of sp³-hybridized carbons (Fsp3) is 0.125. The molecule has 0 unspecified atom stereocenters. The van der Waals surface area contributed by atoms with Crippen LogP contribution in [0.4, 0.5) is 5.69 Å². The molecule has 1 aliphatic rings. The molecule has 2 heterocycles. The summed E-state index contributed by atoms with van der Waals surface area (Å²) in [4.78, 5) is 12.6. The first kappa shape index (κ1) is 21.4. The minimum atomic E-state index is -0.163. The molecule has 0 spiro atoms. The van der Waals surface area contributed by atoms with Crippen LogP contribution < -0.4 is 14.8 Å². The van der Waals surface area contributed by atoms with Gasteiger partial charge in [0, 0.05) is 28.0 Å². The van der Waals surface area contributed by atoms with Crippen LogP contribution in [0.5, 0.6) is 11.5 Å². The molecular weight excluding hydrogens is 460 g/mol. The first-order chi connectivity index (χ1) is 16.2. The van der Waals surface area contributed by atoms with Gasteiger partial charge in [0.1, 0.15) is 13.2 Å². The smallest absolute Gasteiger partial charge is 0.234 e. The van der Waals surface area contributed by atoms with Gasteiger partial charge in [-0.25, -0.2) is 0 Å². The predicted molar refractivity (Wildman–Crippen MR) is 129 cm³/mol. The van der Waals surface area contributed by atoms with E-state index < -0.39 is 0 Å². The first-order valence-corrected chi connectivity index (χ1v) is 11.6. The van der Waals surface area contributed by atoms with Crippen molar-refractivity contribution in [2.75, 3.05) is 24.3 Å². The topological polar surface area (TPSA) is 78.3 Å². The van der Waals surface area contributed by atoms with Crippen molar-refractivity contribution in [1.29, 1.82) is 0 Å². The predicted octanol–water partition coefficient (Wildman–Crippen LogP) is 5.09. The Bertz CT molecular complexity index is 1280. The number of nitrogens with one attached hydrogen (secondary N) is 1. The molecule has 9 heteroatoms. The molecule has 3 aromatic carbocycles. The third-order valence-electron chi connectivity index (χ3n) is 4.91. The lowest BCUT2D eigenvalue weighted by Crippen LogP contribution is -2.17. The summed E-state index contributed by atoms with van der Waals surface area (Å²) in [5.41, 5.74) is 2.43. The summed E-state index contributed by atoms with van der Waals surface area (Å²) in [6, 6.07) is 22.6. The van der Waals surface area contributed by atoms with Crippen LogP contribution in [-0.4, -0.2) is 39.6 Å². The van der Waals surface area contributed by atoms with Gasteiger partial charge in [-0.3, -0.25) is 9.36 Å². The third kappa shape index (κ3) is 4.81. The van der Waals surface area contributed by atoms with Gasteiger partial charge in [-0.15, -0.1) is 10.2 Å². The lowest BCUT2D eigenvalue weighted by atomic mass is 10.2. The zero-order chi connectivity index (χ0) is 22.6. The number of amides is 1. The minimum absolute atomic E-state index is 0.162. The lowest BCUT2D eigenvalue weighted by molar-refractivity contribution is -0.113. The number of thioether (sulfide) groups is 1. The summed E-state index contributed by atoms with van der Waals surface area (Å²) in [7, 11) is 0. The Labute approximate surface area is 199 Å². The SMILES string of the molecule is O=C(CSc1nnc(-c2ccccc2)n1-c1ccc(Cl)cc1)Nc1ccc2c(c1)OCCO2. The number of anilines is 1. The molecule has 4 aromatic rings. The zero-order valence-electron chi connectivity index (χ0n) is 17.4. The number of rotatable bonds is 6. The molecule has 33 heavy (non-hydrogen) atoms. The van der Waals surface area contributed by atoms with Crippen LogP contribution in [0, 0.1) is 0 Å². The number of hydrogen-bond acceptors (Lipinski definition) is 6. The van der Waals surface area contributed by atoms with Crippen molar-refractivity contribution in [3.8, 4) is 28.6 Å². The summed E-state index contributed by atoms with van der Waals surface area (Å²) in [6.07, 6.45) is 0. The Morgan fingerprint density at radius 3 is 2.52 bits per heavy atom. The Morgan fingerprint density at radius 2 is 1.73 bits per heavy atom. The average Bonchev–Trinajstić information content (AvgIpc) is 3.28. The molecule has 1 aliphatic heterocycles. The van der Waals surface area contributed by atoms with E-state index >= 15 is 0 Å². The van der Waals surface area contributed by atoms with Crippen molar-refractivity contribution in [3.63, 3.8) is 0 Å². The molecule has 0 atom stereocenters. The highest BCUT2D eigenvalue weighted by Crippen LogP contribution is 2.33. The maximum absolute atomic E-state index is 12.6. The van der Waals surface area contributed by atoms with Gasteiger partial charge in [0.25, 0.3) is 0 Å². The van der Waals surface area contributed by atoms with E-state index in [1.807, 2.05) is 59.2 Å². The number of fused-ring (bicyclic) bond motifs is 1. The molecule has 0 aliphatic carbocycles. The molecule has 0 saturated heterocycles. The van der Waals surface area contributed by atoms with Crippen LogP contribution in [0.25, 0.3) is 17.1 Å². The van der Waals surface area contributed by atoms with Crippen molar-refractivity contribution in [1.82, 2.24) is 14.8 Å². The number of carbonyl (C=O) groups is 1. The maximum atomic E-state index is 12.6. The van der Waals surface area contributed by atoms with Gasteiger partial charge in [0.2, 0.25) is 5.91 Å². The normalized spacial score (nSPS) is 12.4. The van der Waals surface area contributed by atoms with E-state index in [1.54, 1.807) is 18.2 Å². The second kappa shape index (κ2) is 9.56. The molecule has 5 rings (SSSR count). The van der Waals surface area contributed by atoms with Gasteiger partial charge in [0.05, 0.1) is 5.75 Å². The van der Waals surface area contributed by atoms with Gasteiger partial charge < -0.3 is 14.8 Å². The Kier molecular flexibility index (Phi) is 6.19. The molecule has 7 nitrogen and oxygen atoms in total. The number of aromatic nitrogens is 3. The second-order valence-electron chi connectivity index (χ2n) is 7.18. The summed E-state index contributed by atoms with van der Waals surface area (Å²) in [5.74, 6) is 1.99. The Balaban J connectivity index is 1.35. The van der Waals surface area contributed by atoms with Crippen molar-refractivity contribution in [2.24, 2.45) is 0 Å². The standard InChI is InChI=1S/C24H19ClN4O3S/c25-17-6-9-19(10-7-17)29-23(16-4-2-1-3-5-16)27-28-24(29)33-15-22(30)26-18-8-11-20-21(14-18)32-13-12-31-20/h1-11,14H,12-13,15H2,(H,26,30). The maximum Gasteiger partial charge on any atom is 0.234 e. The fourth-order valence-corrected chi connectivity index (χ4v) is 4.29. The van der Waals surface area contributed by atoms with E-state index in [1.165, 1.54) is 11.8 Å². The van der Waals surface area contributed by atoms with Crippen molar-refractivity contribution in [3.05, 3.63) is 77.8 Å². The highest BCUT2D eigenvalue weighted by atomic mass is 35.5. The first-order valence-electron chi connectivity index (χ1n) is 10.3. The van der Waals surface area contributed by atoms with E-state index in [0.29, 0.717) is 46.4 Å². The molecule has 0 fully saturated rings. The Hall–Kier alpha value is -3.49. The van der Waals surface area contributed by atoms with Crippen molar-refractivity contribution in [2.45, 2.75) is 5.16 Å². The average molecular weight is 479 g/mol. The quantitative estimate of drug-likeness (QED) is 0.389. The molecule has 0 radical (unpaired) electrons. The van der Waals surface area contributed by atoms with Gasteiger partial charge >= 0.3 is 0 Å². The Morgan fingerprint density at radius 1 is 0.970 bits per heavy atom. The van der Waals surface area contributed by atoms with Crippen LogP contribution in [0.3, 0.4) is 0 Å². The summed E-state index contributed by atoms with van der Waals surface area (Å²) >= 11 is 7.38. The largest absolute Gasteiger partial charge is 0.486 e. The highest BCUT2D eigenvalue weighted by Gasteiger charge is 2.18. The minimum Gasteiger partial charge on any atom is -0.486 e. The van der Waals surface area contributed by atoms with Gasteiger partial charge in [0.15, 0.2) is 22.5 Å². The zero-order valence-corrected chi connectivity index (χ0v) is 19.0. The molecule has 0 bridgehead atoms. The lowest BCUT2D eigenvalue weighted by Gasteiger charge is -2.19. The van der Waals surface area contributed by atoms with E-state index in [9.17, 15) is 4.79 Å². The summed E-state index contributed by atoms with van der Waals surface area (Å²) < 4.78 is 13.0. The van der Waals surface area contributed by atoms with Crippen molar-refractivity contribution < 1.29 is 14.3 Å². The van der Waals surface area contributed by atoms with Crippen LogP contribution >= 0.6 is 23.4 Å². The molecular formula is C24H19ClN4O3S. The molecule has 1 amide bonds. The number of carbonyl (C=O) groups excluding carboxylic acids is 1. The van der Waals surface area contributed by atoms with Gasteiger partial charge in [-0.05, 0) is 36.4 Å². The number of benzene rings is 3. The number of halogens is 1. The number of ether oxygens (including phenoxy) is 2. The number of nitrogens with zero attached hydrogens (tertiary/aromatic N) is 3. The van der Waals surface area contributed by atoms with Crippen LogP contribution in [0.15, 0.2) is 78.0 Å². The van der Waals surface area contributed by atoms with E-state index in [0.717, 1.165) is 11.3 Å². The third-order valence-corrected chi connectivity index (χ3v) is 6.09. The summed E-state index contributed by atoms with van der Waals surface area (Å²) in [6.45, 7) is 1.01.